The molecule has 55 heavy (non-hydrogen) atoms. The number of carbonyl (C=O) groups is 5. The summed E-state index contributed by atoms with van der Waals surface area (Å²) >= 11 is 0. The minimum absolute atomic E-state index is 0. The lowest BCUT2D eigenvalue weighted by Crippen LogP contribution is -2.52. The van der Waals surface area contributed by atoms with Crippen LogP contribution in [0.15, 0.2) is 41.8 Å². The molecule has 4 aliphatic heterocycles. The number of amides is 4. The van der Waals surface area contributed by atoms with Crippen LogP contribution in [-0.4, -0.2) is 94.3 Å². The average Bonchev–Trinajstić information content (AvgIpc) is 3.11. The molecule has 4 N–H and O–H groups in total. The zero-order valence-electron chi connectivity index (χ0n) is 32.0. The number of nitrogens with two attached hydrogens (primary N) is 1. The van der Waals surface area contributed by atoms with E-state index in [9.17, 15) is 24.0 Å². The van der Waals surface area contributed by atoms with E-state index in [1.54, 1.807) is 47.3 Å². The van der Waals surface area contributed by atoms with E-state index in [4.69, 9.17) is 10.7 Å². The average molecular weight is 781 g/mol. The number of hydrogen-bond donors (Lipinski definition) is 3. The van der Waals surface area contributed by atoms with Gasteiger partial charge in [-0.2, -0.15) is 0 Å². The minimum atomic E-state index is -0.0940. The van der Waals surface area contributed by atoms with Gasteiger partial charge < -0.3 is 30.1 Å². The van der Waals surface area contributed by atoms with Gasteiger partial charge in [-0.15, -0.1) is 12.4 Å². The summed E-state index contributed by atoms with van der Waals surface area (Å²) in [6.07, 6.45) is 15.3. The van der Waals surface area contributed by atoms with Crippen LogP contribution >= 0.6 is 12.4 Å². The van der Waals surface area contributed by atoms with Crippen LogP contribution in [0, 0.1) is 11.8 Å². The molecule has 0 aliphatic carbocycles. The summed E-state index contributed by atoms with van der Waals surface area (Å²) in [6.45, 7) is 11.3. The Bertz CT molecular complexity index is 1750. The highest BCUT2D eigenvalue weighted by atomic mass is 35.5. The smallest absolute Gasteiger partial charge is 0.246 e. The first-order valence-corrected chi connectivity index (χ1v) is 18.5. The summed E-state index contributed by atoms with van der Waals surface area (Å²) in [5, 5.41) is 9.57. The van der Waals surface area contributed by atoms with Gasteiger partial charge in [0, 0.05) is 69.5 Å². The third-order valence-corrected chi connectivity index (χ3v) is 9.24. The lowest BCUT2D eigenvalue weighted by molar-refractivity contribution is -0.137. The molecule has 15 nitrogen and oxygen atoms in total. The number of oxime groups is 1. The van der Waals surface area contributed by atoms with Crippen LogP contribution in [0.1, 0.15) is 82.1 Å². The highest BCUT2D eigenvalue weighted by molar-refractivity contribution is 5.96. The predicted molar refractivity (Wildman–Crippen MR) is 213 cm³/mol. The van der Waals surface area contributed by atoms with Crippen LogP contribution in [0.2, 0.25) is 0 Å². The molecule has 0 aromatic carbocycles. The van der Waals surface area contributed by atoms with Crippen molar-refractivity contribution in [3.8, 4) is 0 Å². The van der Waals surface area contributed by atoms with Gasteiger partial charge >= 0.3 is 0 Å². The molecule has 2 saturated heterocycles. The summed E-state index contributed by atoms with van der Waals surface area (Å²) in [5.74, 6) is 6.21. The molecule has 0 radical (unpaired) electrons. The predicted octanol–water partition coefficient (Wildman–Crippen LogP) is 4.37. The first-order chi connectivity index (χ1) is 26.0. The Morgan fingerprint density at radius 3 is 1.71 bits per heavy atom. The van der Waals surface area contributed by atoms with Crippen molar-refractivity contribution in [1.82, 2.24) is 19.8 Å². The highest BCUT2D eigenvalue weighted by Gasteiger charge is 2.33. The van der Waals surface area contributed by atoms with E-state index >= 15 is 0 Å². The molecule has 2 aromatic rings. The molecule has 2 fully saturated rings. The van der Waals surface area contributed by atoms with E-state index in [1.807, 2.05) is 26.0 Å². The van der Waals surface area contributed by atoms with E-state index in [-0.39, 0.29) is 53.7 Å². The molecule has 0 saturated carbocycles. The number of ketones is 1. The number of carbonyl (C=O) groups excluding carboxylic acids is 5. The molecule has 0 unspecified atom stereocenters. The number of aryl methyl sites for hydroxylation is 2. The van der Waals surface area contributed by atoms with Crippen molar-refractivity contribution in [3.63, 3.8) is 0 Å². The molecule has 4 aliphatic rings. The Balaban J connectivity index is 0.000000256. The molecule has 0 atom stereocenters. The Morgan fingerprint density at radius 2 is 1.29 bits per heavy atom. The normalized spacial score (nSPS) is 16.5. The maximum absolute atomic E-state index is 12.2. The third kappa shape index (κ3) is 13.7. The topological polar surface area (TPSA) is 199 Å². The van der Waals surface area contributed by atoms with Crippen LogP contribution in [0.25, 0.3) is 12.2 Å². The van der Waals surface area contributed by atoms with Crippen molar-refractivity contribution in [2.45, 2.75) is 72.6 Å². The van der Waals surface area contributed by atoms with Gasteiger partial charge in [-0.3, -0.25) is 24.0 Å². The van der Waals surface area contributed by atoms with E-state index in [2.05, 4.69) is 37.5 Å². The number of anilines is 2. The van der Waals surface area contributed by atoms with Crippen molar-refractivity contribution < 1.29 is 33.6 Å². The fourth-order valence-corrected chi connectivity index (χ4v) is 5.66. The molecule has 0 spiro atoms. The van der Waals surface area contributed by atoms with E-state index in [0.29, 0.717) is 76.7 Å². The second-order valence-corrected chi connectivity index (χ2v) is 13.6. The molecule has 6 heterocycles. The zero-order valence-corrected chi connectivity index (χ0v) is 32.9. The highest BCUT2D eigenvalue weighted by Crippen LogP contribution is 2.24. The quantitative estimate of drug-likeness (QED) is 0.120. The number of likely N-dealkylation sites (tertiary alicyclic amines) is 2. The third-order valence-electron chi connectivity index (χ3n) is 9.24. The molecular weight excluding hydrogens is 728 g/mol. The van der Waals surface area contributed by atoms with Gasteiger partial charge in [0.15, 0.2) is 0 Å². The lowest BCUT2D eigenvalue weighted by Gasteiger charge is -2.38. The molecule has 298 valence electrons. The summed E-state index contributed by atoms with van der Waals surface area (Å²) in [4.78, 5) is 79.3. The second kappa shape index (κ2) is 22.4. The number of Topliss-reactive ketones (excluding diaryl/α,β-unsaturated/α-hetero) is 1. The molecule has 0 bridgehead atoms. The van der Waals surface area contributed by atoms with Gasteiger partial charge in [-0.05, 0) is 86.1 Å². The van der Waals surface area contributed by atoms with Gasteiger partial charge in [-0.1, -0.05) is 25.4 Å². The number of nitrogens with zero attached hydrogens (tertiary/aromatic N) is 5. The molecule has 4 amide bonds. The standard InChI is InChI=1S/C19H24N4O3.C16H17N3O3.C4H11NO.ClH/c1-3-8-26-22-13(2)16-11-23(12-16)18(25)7-4-14-9-15-5-6-17(24)21-19(15)20-10-14;1-10(20)13-8-19(9-13)15(22)5-2-11-6-12-3-4-14(21)18-16(12)17-7-11;1-2-3-4-6-5;/h4,7,9-10,16H,3,5-6,8,11-12H2,1-2H3,(H,20,21,24);2,5-7,13H,3-4,8-9H2,1H3,(H,17,18,21);2-5H2,1H3;1H/b7-4+,22-13-;5-2+;;. The van der Waals surface area contributed by atoms with Gasteiger partial charge in [-0.25, -0.2) is 15.9 Å². The molecule has 6 rings (SSSR count). The number of nitrogens with one attached hydrogen (secondary N) is 2. The van der Waals surface area contributed by atoms with E-state index in [0.717, 1.165) is 47.2 Å². The molecule has 16 heteroatoms. The SMILES string of the molecule is CC(=O)C1CN(C(=O)/C=C/c2cnc3c(c2)CCC(=O)N3)C1.CCCCON.CCCO/N=C(/C)C1CN(C(=O)/C=C/c2cnc3c(c2)CCC(=O)N3)C1.Cl. The van der Waals surface area contributed by atoms with Crippen LogP contribution in [0.5, 0.6) is 0 Å². The number of rotatable bonds is 12. The van der Waals surface area contributed by atoms with Crippen molar-refractivity contribution in [2.24, 2.45) is 22.9 Å². The zero-order chi connectivity index (χ0) is 39.0. The Labute approximate surface area is 328 Å². The first-order valence-electron chi connectivity index (χ1n) is 18.5. The summed E-state index contributed by atoms with van der Waals surface area (Å²) in [5.41, 5.74) is 4.60. The van der Waals surface area contributed by atoms with Crippen LogP contribution in [-0.2, 0) is 46.5 Å². The minimum Gasteiger partial charge on any atom is -0.396 e. The second-order valence-electron chi connectivity index (χ2n) is 13.6. The number of aromatic nitrogens is 2. The summed E-state index contributed by atoms with van der Waals surface area (Å²) < 4.78 is 0. The van der Waals surface area contributed by atoms with Crippen molar-refractivity contribution >= 4 is 71.3 Å². The van der Waals surface area contributed by atoms with Crippen molar-refractivity contribution in [1.29, 1.82) is 0 Å². The van der Waals surface area contributed by atoms with Crippen LogP contribution in [0.4, 0.5) is 11.6 Å². The maximum Gasteiger partial charge on any atom is 0.246 e. The lowest BCUT2D eigenvalue weighted by atomic mass is 9.95. The Kier molecular flexibility index (Phi) is 18.1. The fourth-order valence-electron chi connectivity index (χ4n) is 5.66. The molecule has 2 aromatic heterocycles. The van der Waals surface area contributed by atoms with Gasteiger partial charge in [0.25, 0.3) is 0 Å². The van der Waals surface area contributed by atoms with Crippen molar-refractivity contribution in [2.75, 3.05) is 50.0 Å². The van der Waals surface area contributed by atoms with Gasteiger partial charge in [0.2, 0.25) is 23.6 Å². The summed E-state index contributed by atoms with van der Waals surface area (Å²) in [6, 6.07) is 3.90. The van der Waals surface area contributed by atoms with Gasteiger partial charge in [0.05, 0.1) is 18.2 Å². The van der Waals surface area contributed by atoms with Gasteiger partial charge in [0.1, 0.15) is 24.0 Å². The fraction of sp³-hybridized carbons (Fsp3) is 0.487. The Morgan fingerprint density at radius 1 is 0.800 bits per heavy atom. The first kappa shape index (κ1) is 44.4. The number of fused-ring (bicyclic) bond motifs is 2. The van der Waals surface area contributed by atoms with E-state index < -0.39 is 0 Å². The number of hydrogen-bond acceptors (Lipinski definition) is 11. The maximum atomic E-state index is 12.2. The molecular formula is C39H53ClN8O7. The monoisotopic (exact) mass is 780 g/mol. The van der Waals surface area contributed by atoms with E-state index in [1.165, 1.54) is 6.08 Å². The number of unbranched alkanes of at least 4 members (excludes halogenated alkanes) is 1. The largest absolute Gasteiger partial charge is 0.396 e. The van der Waals surface area contributed by atoms with Crippen LogP contribution < -0.4 is 16.5 Å². The van der Waals surface area contributed by atoms with Crippen LogP contribution in [0.3, 0.4) is 0 Å². The number of pyridine rings is 2. The van der Waals surface area contributed by atoms with Crippen molar-refractivity contribution in [3.05, 3.63) is 58.9 Å². The summed E-state index contributed by atoms with van der Waals surface area (Å²) in [7, 11) is 0. The number of halogens is 1. The Hall–Kier alpha value is -4.99.